The normalized spacial score (nSPS) is 17.7. The molecule has 3 nitrogen and oxygen atoms in total. The molecule has 1 unspecified atom stereocenters. The number of nitrogens with one attached hydrogen (secondary N) is 1. The first-order valence-electron chi connectivity index (χ1n) is 5.44. The van der Waals surface area contributed by atoms with Crippen LogP contribution in [-0.2, 0) is 4.79 Å². The minimum Gasteiger partial charge on any atom is -0.378 e. The van der Waals surface area contributed by atoms with E-state index >= 15 is 0 Å². The molecule has 1 aliphatic rings. The molecule has 3 rings (SSSR count). The molecular weight excluding hydrogens is 214 g/mol. The number of amides is 1. The van der Waals surface area contributed by atoms with Gasteiger partial charge in [0.25, 0.3) is 5.91 Å². The fourth-order valence-electron chi connectivity index (χ4n) is 2.06. The van der Waals surface area contributed by atoms with Gasteiger partial charge in [0.2, 0.25) is 0 Å². The molecule has 0 bridgehead atoms. The Morgan fingerprint density at radius 2 is 1.76 bits per heavy atom. The lowest BCUT2D eigenvalue weighted by Gasteiger charge is -2.05. The summed E-state index contributed by atoms with van der Waals surface area (Å²) in [6.45, 7) is 0. The molecule has 84 valence electrons. The highest BCUT2D eigenvalue weighted by Crippen LogP contribution is 2.34. The van der Waals surface area contributed by atoms with Gasteiger partial charge in [0.05, 0.1) is 0 Å². The van der Waals surface area contributed by atoms with E-state index in [1.807, 2.05) is 48.5 Å². The highest BCUT2D eigenvalue weighted by atomic mass is 16.3. The molecule has 0 aromatic heterocycles. The molecule has 0 fully saturated rings. The summed E-state index contributed by atoms with van der Waals surface area (Å²) < 4.78 is 0. The number of benzene rings is 2. The van der Waals surface area contributed by atoms with Crippen LogP contribution in [0.2, 0.25) is 0 Å². The van der Waals surface area contributed by atoms with E-state index in [1.165, 1.54) is 0 Å². The molecule has 1 atom stereocenters. The fourth-order valence-corrected chi connectivity index (χ4v) is 2.06. The first kappa shape index (κ1) is 10.1. The standard InChI is InChI=1S/C14H11NO2/c16-13-11-8-10(9-4-2-1-3-5-9)6-7-12(11)15-14(13)17/h1-8,13,16H,(H,15,17). The molecule has 0 spiro atoms. The monoisotopic (exact) mass is 225 g/mol. The Labute approximate surface area is 98.7 Å². The number of aliphatic hydroxyl groups excluding tert-OH is 1. The molecule has 2 N–H and O–H groups in total. The van der Waals surface area contributed by atoms with E-state index in [0.29, 0.717) is 11.3 Å². The zero-order chi connectivity index (χ0) is 11.8. The first-order chi connectivity index (χ1) is 8.25. The number of hydrogen-bond donors (Lipinski definition) is 2. The lowest BCUT2D eigenvalue weighted by molar-refractivity contribution is -0.123. The first-order valence-corrected chi connectivity index (χ1v) is 5.44. The van der Waals surface area contributed by atoms with Crippen LogP contribution in [0, 0.1) is 0 Å². The Morgan fingerprint density at radius 3 is 2.53 bits per heavy atom. The van der Waals surface area contributed by atoms with Crippen LogP contribution < -0.4 is 5.32 Å². The Balaban J connectivity index is 2.09. The zero-order valence-electron chi connectivity index (χ0n) is 9.05. The quantitative estimate of drug-likeness (QED) is 0.782. The van der Waals surface area contributed by atoms with Crippen molar-refractivity contribution in [3.05, 3.63) is 54.1 Å². The lowest BCUT2D eigenvalue weighted by atomic mass is 10.0. The number of carbonyl (C=O) groups is 1. The highest BCUT2D eigenvalue weighted by molar-refractivity contribution is 6.02. The summed E-state index contributed by atoms with van der Waals surface area (Å²) in [4.78, 5) is 11.3. The van der Waals surface area contributed by atoms with Crippen LogP contribution >= 0.6 is 0 Å². The van der Waals surface area contributed by atoms with E-state index in [2.05, 4.69) is 5.32 Å². The van der Waals surface area contributed by atoms with Gasteiger partial charge in [-0.1, -0.05) is 36.4 Å². The van der Waals surface area contributed by atoms with Crippen molar-refractivity contribution in [2.24, 2.45) is 0 Å². The summed E-state index contributed by atoms with van der Waals surface area (Å²) in [5, 5.41) is 12.3. The summed E-state index contributed by atoms with van der Waals surface area (Å²) in [6, 6.07) is 15.5. The molecule has 2 aromatic rings. The molecule has 1 aliphatic heterocycles. The lowest BCUT2D eigenvalue weighted by Crippen LogP contribution is -2.10. The van der Waals surface area contributed by atoms with E-state index in [-0.39, 0.29) is 5.91 Å². The van der Waals surface area contributed by atoms with Gasteiger partial charge in [0, 0.05) is 11.3 Å². The molecule has 1 heterocycles. The summed E-state index contributed by atoms with van der Waals surface area (Å²) >= 11 is 0. The summed E-state index contributed by atoms with van der Waals surface area (Å²) in [7, 11) is 0. The number of aliphatic hydroxyl groups is 1. The average molecular weight is 225 g/mol. The third-order valence-corrected chi connectivity index (χ3v) is 2.96. The van der Waals surface area contributed by atoms with Crippen LogP contribution in [0.3, 0.4) is 0 Å². The molecule has 3 heteroatoms. The predicted molar refractivity (Wildman–Crippen MR) is 65.5 cm³/mol. The predicted octanol–water partition coefficient (Wildman–Crippen LogP) is 2.34. The van der Waals surface area contributed by atoms with Crippen LogP contribution in [0.1, 0.15) is 11.7 Å². The van der Waals surface area contributed by atoms with Crippen molar-refractivity contribution in [1.82, 2.24) is 0 Å². The van der Waals surface area contributed by atoms with Crippen molar-refractivity contribution in [3.63, 3.8) is 0 Å². The van der Waals surface area contributed by atoms with E-state index in [4.69, 9.17) is 0 Å². The van der Waals surface area contributed by atoms with Crippen LogP contribution in [0.4, 0.5) is 5.69 Å². The maximum atomic E-state index is 11.3. The van der Waals surface area contributed by atoms with Gasteiger partial charge in [-0.2, -0.15) is 0 Å². The van der Waals surface area contributed by atoms with Crippen molar-refractivity contribution in [2.75, 3.05) is 5.32 Å². The molecule has 17 heavy (non-hydrogen) atoms. The largest absolute Gasteiger partial charge is 0.378 e. The maximum absolute atomic E-state index is 11.3. The number of fused-ring (bicyclic) bond motifs is 1. The second-order valence-corrected chi connectivity index (χ2v) is 4.06. The molecule has 0 saturated carbocycles. The van der Waals surface area contributed by atoms with Crippen LogP contribution in [-0.4, -0.2) is 11.0 Å². The van der Waals surface area contributed by atoms with Crippen molar-refractivity contribution in [1.29, 1.82) is 0 Å². The number of rotatable bonds is 1. The smallest absolute Gasteiger partial charge is 0.257 e. The third-order valence-electron chi connectivity index (χ3n) is 2.96. The SMILES string of the molecule is O=C1Nc2ccc(-c3ccccc3)cc2C1O. The molecular formula is C14H11NO2. The molecule has 2 aromatic carbocycles. The topological polar surface area (TPSA) is 49.3 Å². The minimum absolute atomic E-state index is 0.356. The molecule has 0 radical (unpaired) electrons. The molecule has 1 amide bonds. The van der Waals surface area contributed by atoms with E-state index in [9.17, 15) is 9.90 Å². The van der Waals surface area contributed by atoms with Crippen LogP contribution in [0.5, 0.6) is 0 Å². The number of anilines is 1. The summed E-state index contributed by atoms with van der Waals surface area (Å²) in [5.74, 6) is -0.356. The average Bonchev–Trinajstić information content (AvgIpc) is 2.66. The Morgan fingerprint density at radius 1 is 1.00 bits per heavy atom. The molecule has 0 saturated heterocycles. The summed E-state index contributed by atoms with van der Waals surface area (Å²) in [6.07, 6.45) is -1.05. The highest BCUT2D eigenvalue weighted by Gasteiger charge is 2.28. The van der Waals surface area contributed by atoms with Crippen LogP contribution in [0.15, 0.2) is 48.5 Å². The van der Waals surface area contributed by atoms with Gasteiger partial charge in [0.15, 0.2) is 6.10 Å². The van der Waals surface area contributed by atoms with Gasteiger partial charge in [-0.3, -0.25) is 4.79 Å². The maximum Gasteiger partial charge on any atom is 0.257 e. The third kappa shape index (κ3) is 1.61. The van der Waals surface area contributed by atoms with Gasteiger partial charge in [-0.25, -0.2) is 0 Å². The van der Waals surface area contributed by atoms with E-state index in [1.54, 1.807) is 0 Å². The van der Waals surface area contributed by atoms with Crippen molar-refractivity contribution in [3.8, 4) is 11.1 Å². The second-order valence-electron chi connectivity index (χ2n) is 4.06. The zero-order valence-corrected chi connectivity index (χ0v) is 9.05. The van der Waals surface area contributed by atoms with Gasteiger partial charge in [0.1, 0.15) is 0 Å². The molecule has 0 aliphatic carbocycles. The van der Waals surface area contributed by atoms with Crippen LogP contribution in [0.25, 0.3) is 11.1 Å². The fraction of sp³-hybridized carbons (Fsp3) is 0.0714. The van der Waals surface area contributed by atoms with Gasteiger partial charge < -0.3 is 10.4 Å². The van der Waals surface area contributed by atoms with Gasteiger partial charge in [-0.05, 0) is 23.3 Å². The van der Waals surface area contributed by atoms with Crippen molar-refractivity contribution in [2.45, 2.75) is 6.10 Å². The van der Waals surface area contributed by atoms with Crippen molar-refractivity contribution >= 4 is 11.6 Å². The van der Waals surface area contributed by atoms with Crippen molar-refractivity contribution < 1.29 is 9.90 Å². The Hall–Kier alpha value is -2.13. The number of hydrogen-bond acceptors (Lipinski definition) is 2. The summed E-state index contributed by atoms with van der Waals surface area (Å²) in [5.41, 5.74) is 3.42. The van der Waals surface area contributed by atoms with Gasteiger partial charge in [-0.15, -0.1) is 0 Å². The Bertz CT molecular complexity index is 578. The van der Waals surface area contributed by atoms with Gasteiger partial charge >= 0.3 is 0 Å². The van der Waals surface area contributed by atoms with E-state index < -0.39 is 6.10 Å². The second kappa shape index (κ2) is 3.71. The Kier molecular flexibility index (Phi) is 2.20. The number of carbonyl (C=O) groups excluding carboxylic acids is 1. The van der Waals surface area contributed by atoms with E-state index in [0.717, 1.165) is 11.1 Å². The minimum atomic E-state index is -1.05.